The van der Waals surface area contributed by atoms with Crippen LogP contribution in [-0.4, -0.2) is 43.5 Å². The molecule has 1 aromatic carbocycles. The minimum absolute atomic E-state index is 0.0373. The zero-order valence-corrected chi connectivity index (χ0v) is 17.0. The van der Waals surface area contributed by atoms with E-state index in [0.717, 1.165) is 25.7 Å². The molecule has 29 heavy (non-hydrogen) atoms. The molecule has 1 aliphatic rings. The predicted octanol–water partition coefficient (Wildman–Crippen LogP) is 3.39. The number of benzene rings is 1. The first-order valence-corrected chi connectivity index (χ1v) is 9.93. The highest BCUT2D eigenvalue weighted by molar-refractivity contribution is 5.97. The van der Waals surface area contributed by atoms with Crippen molar-refractivity contribution in [3.8, 4) is 11.5 Å². The molecule has 0 radical (unpaired) electrons. The van der Waals surface area contributed by atoms with Crippen LogP contribution in [0.4, 0.5) is 0 Å². The van der Waals surface area contributed by atoms with Gasteiger partial charge in [0.05, 0.1) is 27.0 Å². The van der Waals surface area contributed by atoms with Crippen LogP contribution >= 0.6 is 0 Å². The highest BCUT2D eigenvalue weighted by Crippen LogP contribution is 2.28. The molecular weight excluding hydrogens is 372 g/mol. The summed E-state index contributed by atoms with van der Waals surface area (Å²) in [6.07, 6.45) is 7.02. The Morgan fingerprint density at radius 3 is 2.52 bits per heavy atom. The van der Waals surface area contributed by atoms with Crippen molar-refractivity contribution in [2.45, 2.75) is 44.7 Å². The highest BCUT2D eigenvalue weighted by atomic mass is 16.5. The Hall–Kier alpha value is -2.96. The number of furan rings is 1. The molecule has 1 saturated carbocycles. The molecule has 2 aromatic rings. The standard InChI is InChI=1S/C22H28N2O5/c1-27-19-11-10-16(13-20(19)28-2)22(26)24(14-18-9-6-12-29-18)15-21(25)23-17-7-4-3-5-8-17/h6,9-13,17H,3-5,7-8,14-15H2,1-2H3,(H,23,25). The summed E-state index contributed by atoms with van der Waals surface area (Å²) >= 11 is 0. The van der Waals surface area contributed by atoms with Gasteiger partial charge in [-0.2, -0.15) is 0 Å². The Kier molecular flexibility index (Phi) is 7.16. The average Bonchev–Trinajstić information content (AvgIpc) is 3.26. The minimum atomic E-state index is -0.277. The lowest BCUT2D eigenvalue weighted by Crippen LogP contribution is -2.44. The van der Waals surface area contributed by atoms with Crippen LogP contribution in [0.2, 0.25) is 0 Å². The van der Waals surface area contributed by atoms with E-state index in [-0.39, 0.29) is 30.9 Å². The third-order valence-corrected chi connectivity index (χ3v) is 5.15. The smallest absolute Gasteiger partial charge is 0.254 e. The molecule has 1 fully saturated rings. The van der Waals surface area contributed by atoms with Crippen molar-refractivity contribution < 1.29 is 23.5 Å². The van der Waals surface area contributed by atoms with Gasteiger partial charge in [-0.05, 0) is 43.2 Å². The number of methoxy groups -OCH3 is 2. The average molecular weight is 400 g/mol. The molecular formula is C22H28N2O5. The molecule has 0 atom stereocenters. The van der Waals surface area contributed by atoms with Gasteiger partial charge >= 0.3 is 0 Å². The molecule has 7 heteroatoms. The van der Waals surface area contributed by atoms with Crippen LogP contribution in [0.15, 0.2) is 41.0 Å². The summed E-state index contributed by atoms with van der Waals surface area (Å²) in [4.78, 5) is 27.3. The van der Waals surface area contributed by atoms with E-state index in [1.165, 1.54) is 25.5 Å². The Labute approximate surface area is 171 Å². The third-order valence-electron chi connectivity index (χ3n) is 5.15. The fourth-order valence-electron chi connectivity index (χ4n) is 3.64. The van der Waals surface area contributed by atoms with Gasteiger partial charge in [0.1, 0.15) is 12.3 Å². The number of carbonyl (C=O) groups is 2. The number of carbonyl (C=O) groups excluding carboxylic acids is 2. The quantitative estimate of drug-likeness (QED) is 0.735. The van der Waals surface area contributed by atoms with E-state index in [1.807, 2.05) is 0 Å². The van der Waals surface area contributed by atoms with Crippen molar-refractivity contribution in [3.63, 3.8) is 0 Å². The second-order valence-electron chi connectivity index (χ2n) is 7.21. The fourth-order valence-corrected chi connectivity index (χ4v) is 3.64. The van der Waals surface area contributed by atoms with Crippen molar-refractivity contribution in [2.75, 3.05) is 20.8 Å². The minimum Gasteiger partial charge on any atom is -0.493 e. The molecule has 0 bridgehead atoms. The molecule has 0 saturated heterocycles. The van der Waals surface area contributed by atoms with Gasteiger partial charge in [0.2, 0.25) is 5.91 Å². The third kappa shape index (κ3) is 5.53. The lowest BCUT2D eigenvalue weighted by Gasteiger charge is -2.26. The Bertz CT molecular complexity index is 813. The summed E-state index contributed by atoms with van der Waals surface area (Å²) in [6.45, 7) is 0.169. The van der Waals surface area contributed by atoms with Crippen molar-refractivity contribution in [1.29, 1.82) is 0 Å². The Balaban J connectivity index is 1.75. The number of ether oxygens (including phenoxy) is 2. The number of amides is 2. The molecule has 7 nitrogen and oxygen atoms in total. The van der Waals surface area contributed by atoms with Gasteiger partial charge < -0.3 is 24.1 Å². The summed E-state index contributed by atoms with van der Waals surface area (Å²) in [5, 5.41) is 3.07. The summed E-state index contributed by atoms with van der Waals surface area (Å²) in [5.74, 6) is 1.18. The lowest BCUT2D eigenvalue weighted by atomic mass is 9.95. The van der Waals surface area contributed by atoms with Gasteiger partial charge in [0.15, 0.2) is 11.5 Å². The van der Waals surface area contributed by atoms with E-state index in [4.69, 9.17) is 13.9 Å². The molecule has 156 valence electrons. The van der Waals surface area contributed by atoms with Gasteiger partial charge in [-0.1, -0.05) is 19.3 Å². The maximum absolute atomic E-state index is 13.2. The molecule has 0 aliphatic heterocycles. The Morgan fingerprint density at radius 1 is 1.10 bits per heavy atom. The molecule has 1 aliphatic carbocycles. The normalized spacial score (nSPS) is 14.3. The first-order chi connectivity index (χ1) is 14.1. The lowest BCUT2D eigenvalue weighted by molar-refractivity contribution is -0.122. The van der Waals surface area contributed by atoms with E-state index in [9.17, 15) is 9.59 Å². The Morgan fingerprint density at radius 2 is 1.86 bits per heavy atom. The van der Waals surface area contributed by atoms with Crippen LogP contribution in [0.5, 0.6) is 11.5 Å². The molecule has 1 aromatic heterocycles. The van der Waals surface area contributed by atoms with Crippen molar-refractivity contribution in [2.24, 2.45) is 0 Å². The van der Waals surface area contributed by atoms with E-state index >= 15 is 0 Å². The number of rotatable bonds is 8. The second-order valence-corrected chi connectivity index (χ2v) is 7.21. The fraction of sp³-hybridized carbons (Fsp3) is 0.455. The maximum atomic E-state index is 13.2. The number of nitrogens with zero attached hydrogens (tertiary/aromatic N) is 1. The van der Waals surface area contributed by atoms with Gasteiger partial charge in [0.25, 0.3) is 5.91 Å². The maximum Gasteiger partial charge on any atom is 0.254 e. The van der Waals surface area contributed by atoms with E-state index in [0.29, 0.717) is 22.8 Å². The van der Waals surface area contributed by atoms with Gasteiger partial charge in [0, 0.05) is 11.6 Å². The van der Waals surface area contributed by atoms with Gasteiger partial charge in [-0.3, -0.25) is 9.59 Å². The molecule has 1 heterocycles. The molecule has 2 amide bonds. The highest BCUT2D eigenvalue weighted by Gasteiger charge is 2.23. The van der Waals surface area contributed by atoms with Gasteiger partial charge in [-0.25, -0.2) is 0 Å². The number of hydrogen-bond donors (Lipinski definition) is 1. The van der Waals surface area contributed by atoms with E-state index < -0.39 is 0 Å². The summed E-state index contributed by atoms with van der Waals surface area (Å²) in [5.41, 5.74) is 0.416. The van der Waals surface area contributed by atoms with Crippen LogP contribution in [0.1, 0.15) is 48.2 Å². The second kappa shape index (κ2) is 10.0. The van der Waals surface area contributed by atoms with Crippen LogP contribution in [0.25, 0.3) is 0 Å². The molecule has 3 rings (SSSR count). The van der Waals surface area contributed by atoms with Crippen LogP contribution in [-0.2, 0) is 11.3 Å². The van der Waals surface area contributed by atoms with Gasteiger partial charge in [-0.15, -0.1) is 0 Å². The van der Waals surface area contributed by atoms with Crippen molar-refractivity contribution in [1.82, 2.24) is 10.2 Å². The molecule has 0 unspecified atom stereocenters. The monoisotopic (exact) mass is 400 g/mol. The number of nitrogens with one attached hydrogen (secondary N) is 1. The molecule has 1 N–H and O–H groups in total. The van der Waals surface area contributed by atoms with Crippen LogP contribution < -0.4 is 14.8 Å². The molecule has 0 spiro atoms. The summed E-state index contributed by atoms with van der Waals surface area (Å²) < 4.78 is 15.9. The largest absolute Gasteiger partial charge is 0.493 e. The predicted molar refractivity (Wildman–Crippen MR) is 108 cm³/mol. The first kappa shape index (κ1) is 20.8. The zero-order valence-electron chi connectivity index (χ0n) is 17.0. The van der Waals surface area contributed by atoms with E-state index in [2.05, 4.69) is 5.32 Å². The topological polar surface area (TPSA) is 81.0 Å². The zero-order chi connectivity index (χ0) is 20.6. The van der Waals surface area contributed by atoms with Crippen LogP contribution in [0.3, 0.4) is 0 Å². The number of hydrogen-bond acceptors (Lipinski definition) is 5. The summed E-state index contributed by atoms with van der Waals surface area (Å²) in [6, 6.07) is 8.70. The van der Waals surface area contributed by atoms with Crippen molar-refractivity contribution >= 4 is 11.8 Å². The SMILES string of the molecule is COc1ccc(C(=O)N(CC(=O)NC2CCCCC2)Cc2ccco2)cc1OC. The van der Waals surface area contributed by atoms with Crippen LogP contribution in [0, 0.1) is 0 Å². The first-order valence-electron chi connectivity index (χ1n) is 9.93. The van der Waals surface area contributed by atoms with E-state index in [1.54, 1.807) is 36.6 Å². The van der Waals surface area contributed by atoms with Crippen molar-refractivity contribution in [3.05, 3.63) is 47.9 Å². The summed E-state index contributed by atoms with van der Waals surface area (Å²) in [7, 11) is 3.06.